The van der Waals surface area contributed by atoms with E-state index < -0.39 is 21.8 Å². The van der Waals surface area contributed by atoms with Crippen LogP contribution in [0.25, 0.3) is 0 Å². The summed E-state index contributed by atoms with van der Waals surface area (Å²) in [5.41, 5.74) is 4.21. The minimum Gasteiger partial charge on any atom is -0.346 e. The molecule has 1 fully saturated rings. The Bertz CT molecular complexity index is 1110. The molecule has 2 aromatic rings. The van der Waals surface area contributed by atoms with Gasteiger partial charge in [0.2, 0.25) is 10.0 Å². The second kappa shape index (κ2) is 9.20. The van der Waals surface area contributed by atoms with Crippen molar-refractivity contribution in [3.05, 3.63) is 58.7 Å². The van der Waals surface area contributed by atoms with Crippen LogP contribution in [0.5, 0.6) is 0 Å². The molecule has 3 rings (SSSR count). The topological polar surface area (TPSA) is 95.6 Å². The van der Waals surface area contributed by atoms with Crippen LogP contribution in [0.1, 0.15) is 35.1 Å². The molecule has 2 aromatic carbocycles. The number of sulfonamides is 1. The van der Waals surface area contributed by atoms with E-state index in [0.29, 0.717) is 35.5 Å². The maximum Gasteiger partial charge on any atom is 0.313 e. The summed E-state index contributed by atoms with van der Waals surface area (Å²) in [6.07, 6.45) is 1.34. The molecular weight excluding hydrogens is 414 g/mol. The lowest BCUT2D eigenvalue weighted by Gasteiger charge is -2.25. The van der Waals surface area contributed by atoms with Gasteiger partial charge in [0.15, 0.2) is 0 Å². The minimum absolute atomic E-state index is 0.0866. The molecule has 7 nitrogen and oxygen atoms in total. The second-order valence-corrected chi connectivity index (χ2v) is 10.0. The molecule has 0 aromatic heterocycles. The van der Waals surface area contributed by atoms with Crippen LogP contribution in [0.3, 0.4) is 0 Å². The monoisotopic (exact) mass is 443 g/mol. The van der Waals surface area contributed by atoms with Crippen molar-refractivity contribution in [1.82, 2.24) is 9.62 Å². The number of anilines is 1. The van der Waals surface area contributed by atoms with Crippen LogP contribution in [0.2, 0.25) is 0 Å². The van der Waals surface area contributed by atoms with E-state index in [0.717, 1.165) is 16.7 Å². The molecule has 2 N–H and O–H groups in total. The summed E-state index contributed by atoms with van der Waals surface area (Å²) >= 11 is 0. The van der Waals surface area contributed by atoms with Gasteiger partial charge in [0.05, 0.1) is 4.90 Å². The molecule has 1 aliphatic rings. The van der Waals surface area contributed by atoms with Crippen molar-refractivity contribution < 1.29 is 18.0 Å². The molecular formula is C23H29N3O4S. The third kappa shape index (κ3) is 5.14. The highest BCUT2D eigenvalue weighted by Gasteiger charge is 2.36. The zero-order valence-electron chi connectivity index (χ0n) is 18.4. The summed E-state index contributed by atoms with van der Waals surface area (Å²) in [6.45, 7) is 8.00. The van der Waals surface area contributed by atoms with Crippen LogP contribution in [0.4, 0.5) is 5.69 Å². The number of aryl methyl sites for hydroxylation is 4. The van der Waals surface area contributed by atoms with Crippen LogP contribution in [0, 0.1) is 27.7 Å². The molecule has 0 saturated carbocycles. The number of amides is 2. The van der Waals surface area contributed by atoms with E-state index in [2.05, 4.69) is 10.6 Å². The first-order chi connectivity index (χ1) is 14.6. The second-order valence-electron chi connectivity index (χ2n) is 8.14. The molecule has 0 radical (unpaired) electrons. The number of carbonyl (C=O) groups is 2. The summed E-state index contributed by atoms with van der Waals surface area (Å²) in [6, 6.07) is 10.4. The number of rotatable bonds is 5. The Balaban J connectivity index is 1.65. The van der Waals surface area contributed by atoms with Gasteiger partial charge < -0.3 is 10.6 Å². The lowest BCUT2D eigenvalue weighted by atomic mass is 10.1. The quantitative estimate of drug-likeness (QED) is 0.695. The van der Waals surface area contributed by atoms with E-state index in [1.165, 1.54) is 4.31 Å². The number of hydrogen-bond acceptors (Lipinski definition) is 4. The zero-order valence-corrected chi connectivity index (χ0v) is 19.2. The van der Waals surface area contributed by atoms with Crippen molar-refractivity contribution in [3.8, 4) is 0 Å². The third-order valence-corrected chi connectivity index (χ3v) is 7.82. The molecule has 31 heavy (non-hydrogen) atoms. The number of nitrogens with zero attached hydrogens (tertiary/aromatic N) is 1. The molecule has 1 heterocycles. The average molecular weight is 444 g/mol. The number of benzene rings is 2. The standard InChI is InChI=1S/C23H29N3O4S/c1-15-7-8-17(3)21(12-15)31(29,30)26-11-5-6-20(26)14-24-22(27)23(28)25-19-10-9-16(2)18(4)13-19/h7-10,12-13,20H,5-6,11,14H2,1-4H3,(H,24,27)(H,25,28)/t20-/m0/s1. The minimum atomic E-state index is -3.69. The van der Waals surface area contributed by atoms with E-state index >= 15 is 0 Å². The van der Waals surface area contributed by atoms with Crippen LogP contribution in [-0.2, 0) is 19.6 Å². The Hall–Kier alpha value is -2.71. The fourth-order valence-corrected chi connectivity index (χ4v) is 5.74. The number of carbonyl (C=O) groups excluding carboxylic acids is 2. The van der Waals surface area contributed by atoms with Crippen LogP contribution < -0.4 is 10.6 Å². The molecule has 1 saturated heterocycles. The van der Waals surface area contributed by atoms with Crippen LogP contribution in [-0.4, -0.2) is 43.7 Å². The molecule has 1 atom stereocenters. The van der Waals surface area contributed by atoms with Crippen LogP contribution in [0.15, 0.2) is 41.3 Å². The van der Waals surface area contributed by atoms with Crippen LogP contribution >= 0.6 is 0 Å². The smallest absolute Gasteiger partial charge is 0.313 e. The van der Waals surface area contributed by atoms with E-state index in [9.17, 15) is 18.0 Å². The van der Waals surface area contributed by atoms with Gasteiger partial charge in [-0.15, -0.1) is 0 Å². The first-order valence-electron chi connectivity index (χ1n) is 10.3. The van der Waals surface area contributed by atoms with Gasteiger partial charge in [-0.1, -0.05) is 18.2 Å². The summed E-state index contributed by atoms with van der Waals surface area (Å²) in [7, 11) is -3.69. The van der Waals surface area contributed by atoms with E-state index in [1.807, 2.05) is 32.9 Å². The Labute approximate surface area is 183 Å². The maximum absolute atomic E-state index is 13.2. The molecule has 1 aliphatic heterocycles. The van der Waals surface area contributed by atoms with Gasteiger partial charge >= 0.3 is 11.8 Å². The molecule has 166 valence electrons. The molecule has 8 heteroatoms. The van der Waals surface area contributed by atoms with Gasteiger partial charge in [0.25, 0.3) is 0 Å². The van der Waals surface area contributed by atoms with Crippen molar-refractivity contribution in [2.75, 3.05) is 18.4 Å². The summed E-state index contributed by atoms with van der Waals surface area (Å²) < 4.78 is 27.9. The number of hydrogen-bond donors (Lipinski definition) is 2. The normalized spacial score (nSPS) is 16.8. The van der Waals surface area contributed by atoms with Crippen molar-refractivity contribution in [2.24, 2.45) is 0 Å². The third-order valence-electron chi connectivity index (χ3n) is 5.72. The molecule has 0 unspecified atom stereocenters. The van der Waals surface area contributed by atoms with Crippen molar-refractivity contribution in [3.63, 3.8) is 0 Å². The fraction of sp³-hybridized carbons (Fsp3) is 0.391. The Morgan fingerprint density at radius 2 is 1.68 bits per heavy atom. The Kier molecular flexibility index (Phi) is 6.81. The zero-order chi connectivity index (χ0) is 22.8. The fourth-order valence-electron chi connectivity index (χ4n) is 3.74. The van der Waals surface area contributed by atoms with Crippen molar-refractivity contribution >= 4 is 27.5 Å². The first-order valence-corrected chi connectivity index (χ1v) is 11.8. The van der Waals surface area contributed by atoms with Gasteiger partial charge in [-0.05, 0) is 81.0 Å². The molecule has 0 spiro atoms. The van der Waals surface area contributed by atoms with Gasteiger partial charge in [0, 0.05) is 24.8 Å². The van der Waals surface area contributed by atoms with Gasteiger partial charge in [-0.25, -0.2) is 8.42 Å². The van der Waals surface area contributed by atoms with Crippen molar-refractivity contribution in [1.29, 1.82) is 0 Å². The van der Waals surface area contributed by atoms with E-state index in [-0.39, 0.29) is 12.6 Å². The summed E-state index contributed by atoms with van der Waals surface area (Å²) in [5.74, 6) is -1.56. The van der Waals surface area contributed by atoms with Crippen molar-refractivity contribution in [2.45, 2.75) is 51.5 Å². The predicted molar refractivity (Wildman–Crippen MR) is 120 cm³/mol. The highest BCUT2D eigenvalue weighted by atomic mass is 32.2. The van der Waals surface area contributed by atoms with E-state index in [4.69, 9.17) is 0 Å². The summed E-state index contributed by atoms with van der Waals surface area (Å²) in [5, 5.41) is 5.18. The first kappa shape index (κ1) is 23.0. The highest BCUT2D eigenvalue weighted by Crippen LogP contribution is 2.28. The van der Waals surface area contributed by atoms with Gasteiger partial charge in [-0.2, -0.15) is 4.31 Å². The lowest BCUT2D eigenvalue weighted by Crippen LogP contribution is -2.45. The average Bonchev–Trinajstić information content (AvgIpc) is 3.20. The molecule has 0 bridgehead atoms. The molecule has 2 amide bonds. The maximum atomic E-state index is 13.2. The predicted octanol–water partition coefficient (Wildman–Crippen LogP) is 2.83. The number of nitrogens with one attached hydrogen (secondary N) is 2. The Morgan fingerprint density at radius 3 is 2.39 bits per heavy atom. The molecule has 0 aliphatic carbocycles. The SMILES string of the molecule is Cc1ccc(C)c(S(=O)(=O)N2CCC[C@H]2CNC(=O)C(=O)Nc2ccc(C)c(C)c2)c1. The highest BCUT2D eigenvalue weighted by molar-refractivity contribution is 7.89. The lowest BCUT2D eigenvalue weighted by molar-refractivity contribution is -0.136. The van der Waals surface area contributed by atoms with Gasteiger partial charge in [0.1, 0.15) is 0 Å². The Morgan fingerprint density at radius 1 is 0.968 bits per heavy atom. The summed E-state index contributed by atoms with van der Waals surface area (Å²) in [4.78, 5) is 24.8. The van der Waals surface area contributed by atoms with Gasteiger partial charge in [-0.3, -0.25) is 9.59 Å². The largest absolute Gasteiger partial charge is 0.346 e. The van der Waals surface area contributed by atoms with E-state index in [1.54, 1.807) is 31.2 Å².